The van der Waals surface area contributed by atoms with Gasteiger partial charge in [-0.15, -0.1) is 0 Å². The summed E-state index contributed by atoms with van der Waals surface area (Å²) >= 11 is 6.05. The summed E-state index contributed by atoms with van der Waals surface area (Å²) in [6.07, 6.45) is 2.60. The number of nitrogens with zero attached hydrogens (tertiary/aromatic N) is 1. The molecule has 1 aromatic heterocycles. The molecular weight excluding hydrogens is 404 g/mol. The Morgan fingerprint density at radius 2 is 2.03 bits per heavy atom. The van der Waals surface area contributed by atoms with Crippen LogP contribution in [0.25, 0.3) is 11.3 Å². The Morgan fingerprint density at radius 1 is 1.24 bits per heavy atom. The zero-order chi connectivity index (χ0) is 20.4. The van der Waals surface area contributed by atoms with E-state index in [2.05, 4.69) is 9.89 Å². The van der Waals surface area contributed by atoms with Gasteiger partial charge in [0.25, 0.3) is 0 Å². The summed E-state index contributed by atoms with van der Waals surface area (Å²) in [7, 11) is 0. The fourth-order valence-electron chi connectivity index (χ4n) is 3.05. The van der Waals surface area contributed by atoms with E-state index in [4.69, 9.17) is 20.9 Å². The van der Waals surface area contributed by atoms with Gasteiger partial charge in [-0.1, -0.05) is 28.9 Å². The summed E-state index contributed by atoms with van der Waals surface area (Å²) in [6, 6.07) is 11.2. The van der Waals surface area contributed by atoms with Crippen LogP contribution in [-0.2, 0) is 6.61 Å². The van der Waals surface area contributed by atoms with E-state index in [1.54, 1.807) is 36.4 Å². The molecule has 1 fully saturated rings. The number of ether oxygens (including phenoxy) is 2. The highest BCUT2D eigenvalue weighted by atomic mass is 35.5. The molecule has 0 aliphatic heterocycles. The Hall–Kier alpha value is -2.93. The molecule has 150 valence electrons. The SMILES string of the molecule is O=Cc1ccc(OCc2c(-c3ccccc3OC(F)F)noc2C2CC2)cc1Cl. The normalized spacial score (nSPS) is 13.5. The molecule has 8 heteroatoms. The first-order valence-corrected chi connectivity index (χ1v) is 9.34. The van der Waals surface area contributed by atoms with Crippen LogP contribution >= 0.6 is 11.6 Å². The van der Waals surface area contributed by atoms with Gasteiger partial charge < -0.3 is 14.0 Å². The lowest BCUT2D eigenvalue weighted by Gasteiger charge is -2.11. The van der Waals surface area contributed by atoms with Crippen molar-refractivity contribution in [3.63, 3.8) is 0 Å². The molecule has 0 spiro atoms. The van der Waals surface area contributed by atoms with E-state index < -0.39 is 6.61 Å². The van der Waals surface area contributed by atoms with E-state index in [1.165, 1.54) is 6.07 Å². The van der Waals surface area contributed by atoms with E-state index in [0.29, 0.717) is 40.2 Å². The molecule has 0 bridgehead atoms. The van der Waals surface area contributed by atoms with E-state index in [0.717, 1.165) is 12.8 Å². The average Bonchev–Trinajstić information content (AvgIpc) is 3.46. The van der Waals surface area contributed by atoms with Crippen LogP contribution in [0.15, 0.2) is 47.0 Å². The van der Waals surface area contributed by atoms with Gasteiger partial charge in [0.05, 0.1) is 10.6 Å². The van der Waals surface area contributed by atoms with Gasteiger partial charge in [-0.05, 0) is 43.2 Å². The largest absolute Gasteiger partial charge is 0.489 e. The second-order valence-electron chi connectivity index (χ2n) is 6.61. The third-order valence-corrected chi connectivity index (χ3v) is 4.93. The van der Waals surface area contributed by atoms with Crippen LogP contribution in [0, 0.1) is 0 Å². The van der Waals surface area contributed by atoms with E-state index in [9.17, 15) is 13.6 Å². The zero-order valence-corrected chi connectivity index (χ0v) is 15.9. The first-order chi connectivity index (χ1) is 14.1. The number of rotatable bonds is 8. The number of carbonyl (C=O) groups is 1. The average molecular weight is 420 g/mol. The van der Waals surface area contributed by atoms with Crippen LogP contribution < -0.4 is 9.47 Å². The Labute approximate surface area is 170 Å². The van der Waals surface area contributed by atoms with Crippen molar-refractivity contribution < 1.29 is 27.6 Å². The fourth-order valence-corrected chi connectivity index (χ4v) is 3.26. The minimum Gasteiger partial charge on any atom is -0.489 e. The molecule has 0 atom stereocenters. The second-order valence-corrected chi connectivity index (χ2v) is 7.02. The summed E-state index contributed by atoms with van der Waals surface area (Å²) < 4.78 is 41.6. The van der Waals surface area contributed by atoms with Crippen molar-refractivity contribution in [1.82, 2.24) is 5.16 Å². The molecule has 5 nitrogen and oxygen atoms in total. The van der Waals surface area contributed by atoms with Gasteiger partial charge >= 0.3 is 6.61 Å². The number of para-hydroxylation sites is 1. The van der Waals surface area contributed by atoms with Crippen molar-refractivity contribution in [2.75, 3.05) is 0 Å². The molecule has 0 N–H and O–H groups in total. The molecule has 0 radical (unpaired) electrons. The maximum Gasteiger partial charge on any atom is 0.387 e. The minimum absolute atomic E-state index is 0.0118. The summed E-state index contributed by atoms with van der Waals surface area (Å²) in [4.78, 5) is 10.9. The smallest absolute Gasteiger partial charge is 0.387 e. The molecule has 0 unspecified atom stereocenters. The summed E-state index contributed by atoms with van der Waals surface area (Å²) in [5.41, 5.74) is 1.84. The van der Waals surface area contributed by atoms with Crippen molar-refractivity contribution >= 4 is 17.9 Å². The number of alkyl halides is 2. The maximum atomic E-state index is 12.8. The lowest BCUT2D eigenvalue weighted by Crippen LogP contribution is -2.04. The Balaban J connectivity index is 1.66. The highest BCUT2D eigenvalue weighted by molar-refractivity contribution is 6.33. The van der Waals surface area contributed by atoms with Crippen molar-refractivity contribution in [2.45, 2.75) is 32.0 Å². The topological polar surface area (TPSA) is 61.6 Å². The predicted molar refractivity (Wildman–Crippen MR) is 102 cm³/mol. The number of aldehydes is 1. The first-order valence-electron chi connectivity index (χ1n) is 8.97. The summed E-state index contributed by atoms with van der Waals surface area (Å²) in [5.74, 6) is 1.39. The van der Waals surface area contributed by atoms with Crippen LogP contribution in [0.5, 0.6) is 11.5 Å². The van der Waals surface area contributed by atoms with E-state index in [1.807, 2.05) is 0 Å². The monoisotopic (exact) mass is 419 g/mol. The highest BCUT2D eigenvalue weighted by Crippen LogP contribution is 2.45. The van der Waals surface area contributed by atoms with Crippen LogP contribution in [0.1, 0.15) is 40.4 Å². The number of carbonyl (C=O) groups excluding carboxylic acids is 1. The maximum absolute atomic E-state index is 12.8. The number of benzene rings is 2. The zero-order valence-electron chi connectivity index (χ0n) is 15.1. The molecule has 1 aliphatic rings. The third-order valence-electron chi connectivity index (χ3n) is 4.61. The van der Waals surface area contributed by atoms with Crippen LogP contribution in [0.2, 0.25) is 5.02 Å². The van der Waals surface area contributed by atoms with Crippen molar-refractivity contribution in [3.05, 3.63) is 64.4 Å². The molecule has 1 saturated carbocycles. The fraction of sp³-hybridized carbons (Fsp3) is 0.238. The quantitative estimate of drug-likeness (QED) is 0.427. The molecule has 2 aromatic carbocycles. The van der Waals surface area contributed by atoms with Gasteiger partial charge in [-0.3, -0.25) is 4.79 Å². The Bertz CT molecular complexity index is 1030. The van der Waals surface area contributed by atoms with Gasteiger partial charge in [0.1, 0.15) is 29.6 Å². The van der Waals surface area contributed by atoms with E-state index >= 15 is 0 Å². The number of hydrogen-bond acceptors (Lipinski definition) is 5. The molecule has 0 saturated heterocycles. The third kappa shape index (κ3) is 4.24. The standard InChI is InChI=1S/C21H16ClF2NO4/c22-17-9-14(8-7-13(17)10-26)27-11-16-19(25-29-20(16)12-5-6-12)15-3-1-2-4-18(15)28-21(23)24/h1-4,7-10,12,21H,5-6,11H2. The minimum atomic E-state index is -2.95. The van der Waals surface area contributed by atoms with Gasteiger partial charge in [-0.2, -0.15) is 8.78 Å². The number of hydrogen-bond donors (Lipinski definition) is 0. The van der Waals surface area contributed by atoms with Gasteiger partial charge in [-0.25, -0.2) is 0 Å². The van der Waals surface area contributed by atoms with Gasteiger partial charge in [0.2, 0.25) is 0 Å². The molecule has 3 aromatic rings. The Morgan fingerprint density at radius 3 is 2.72 bits per heavy atom. The molecule has 29 heavy (non-hydrogen) atoms. The lowest BCUT2D eigenvalue weighted by molar-refractivity contribution is -0.0494. The second kappa shape index (κ2) is 8.21. The van der Waals surface area contributed by atoms with Crippen LogP contribution in [-0.4, -0.2) is 18.1 Å². The molecule has 0 amide bonds. The number of halogens is 3. The van der Waals surface area contributed by atoms with Gasteiger partial charge in [0.15, 0.2) is 6.29 Å². The molecular formula is C21H16ClF2NO4. The predicted octanol–water partition coefficient (Wildman–Crippen LogP) is 5.87. The Kier molecular flexibility index (Phi) is 5.49. The molecule has 1 heterocycles. The van der Waals surface area contributed by atoms with Crippen molar-refractivity contribution in [1.29, 1.82) is 0 Å². The summed E-state index contributed by atoms with van der Waals surface area (Å²) in [5, 5.41) is 4.40. The van der Waals surface area contributed by atoms with Crippen molar-refractivity contribution in [3.8, 4) is 22.8 Å². The first kappa shape index (κ1) is 19.4. The van der Waals surface area contributed by atoms with Crippen molar-refractivity contribution in [2.24, 2.45) is 0 Å². The van der Waals surface area contributed by atoms with Gasteiger partial charge in [0, 0.05) is 17.0 Å². The number of aromatic nitrogens is 1. The van der Waals surface area contributed by atoms with Crippen LogP contribution in [0.4, 0.5) is 8.78 Å². The molecule has 4 rings (SSSR count). The van der Waals surface area contributed by atoms with E-state index in [-0.39, 0.29) is 23.3 Å². The highest BCUT2D eigenvalue weighted by Gasteiger charge is 2.33. The van der Waals surface area contributed by atoms with Crippen LogP contribution in [0.3, 0.4) is 0 Å². The lowest BCUT2D eigenvalue weighted by atomic mass is 10.0. The molecule has 1 aliphatic carbocycles. The summed E-state index contributed by atoms with van der Waals surface area (Å²) in [6.45, 7) is -2.85.